The van der Waals surface area contributed by atoms with Crippen LogP contribution >= 0.6 is 46.1 Å². The zero-order valence-corrected chi connectivity index (χ0v) is 22.4. The minimum Gasteiger partial charge on any atom is -0.489 e. The Morgan fingerprint density at radius 1 is 1.30 bits per heavy atom. The molecule has 10 heteroatoms. The molecule has 0 fully saturated rings. The lowest BCUT2D eigenvalue weighted by molar-refractivity contribution is -0.118. The molecule has 1 aromatic heterocycles. The summed E-state index contributed by atoms with van der Waals surface area (Å²) in [5.74, 6) is 0.276. The minimum absolute atomic E-state index is 0.0111. The number of nitrogens with zero attached hydrogens (tertiary/aromatic N) is 2. The molecule has 0 saturated heterocycles. The van der Waals surface area contributed by atoms with Crippen LogP contribution in [0.15, 0.2) is 29.6 Å². The Morgan fingerprint density at radius 3 is 2.52 bits per heavy atom. The number of alkyl halides is 3. The number of rotatable bonds is 6. The number of halogens is 3. The van der Waals surface area contributed by atoms with Gasteiger partial charge in [-0.15, -0.1) is 22.9 Å². The fourth-order valence-corrected chi connectivity index (χ4v) is 4.81. The first-order valence-corrected chi connectivity index (χ1v) is 12.7. The molecule has 2 heterocycles. The van der Waals surface area contributed by atoms with Gasteiger partial charge in [-0.1, -0.05) is 35.3 Å². The van der Waals surface area contributed by atoms with E-state index in [1.54, 1.807) is 28.2 Å². The second-order valence-corrected chi connectivity index (χ2v) is 10.1. The van der Waals surface area contributed by atoms with Crippen LogP contribution in [0, 0.1) is 13.8 Å². The van der Waals surface area contributed by atoms with Gasteiger partial charge >= 0.3 is 0 Å². The average Bonchev–Trinajstić information content (AvgIpc) is 3.12. The van der Waals surface area contributed by atoms with Crippen molar-refractivity contribution in [3.63, 3.8) is 0 Å². The summed E-state index contributed by atoms with van der Waals surface area (Å²) in [7, 11) is 1.63. The molecular formula is C23H29Cl3N2O4S. The average molecular weight is 536 g/mol. The molecule has 0 spiro atoms. The molecule has 2 aromatic rings. The highest BCUT2D eigenvalue weighted by Crippen LogP contribution is 2.34. The third-order valence-electron chi connectivity index (χ3n) is 5.06. The zero-order valence-electron chi connectivity index (χ0n) is 19.3. The largest absolute Gasteiger partial charge is 0.489 e. The zero-order chi connectivity index (χ0) is 24.7. The Bertz CT molecular complexity index is 934. The Kier molecular flexibility index (Phi) is 10.8. The molecule has 182 valence electrons. The lowest BCUT2D eigenvalue weighted by atomic mass is 10.1. The predicted octanol–water partition coefficient (Wildman–Crippen LogP) is 5.58. The molecule has 33 heavy (non-hydrogen) atoms. The molecule has 1 unspecified atom stereocenters. The number of anilines is 2. The molecule has 1 aliphatic heterocycles. The molecule has 2 atom stereocenters. The second kappa shape index (κ2) is 12.8. The number of ether oxygens (including phenoxy) is 2. The lowest BCUT2D eigenvalue weighted by Crippen LogP contribution is -2.47. The number of carbonyl (C=O) groups is 2. The van der Waals surface area contributed by atoms with E-state index in [-0.39, 0.29) is 29.8 Å². The van der Waals surface area contributed by atoms with E-state index in [4.69, 9.17) is 44.3 Å². The Morgan fingerprint density at radius 2 is 1.97 bits per heavy atom. The van der Waals surface area contributed by atoms with Crippen LogP contribution in [0.5, 0.6) is 5.75 Å². The topological polar surface area (TPSA) is 59.1 Å². The summed E-state index contributed by atoms with van der Waals surface area (Å²) in [4.78, 5) is 27.3. The third-order valence-corrected chi connectivity index (χ3v) is 6.68. The summed E-state index contributed by atoms with van der Waals surface area (Å²) < 4.78 is 10.6. The number of carbonyl (C=O) groups excluding carboxylic acids is 2. The van der Waals surface area contributed by atoms with Crippen LogP contribution in [0.1, 0.15) is 24.3 Å². The highest BCUT2D eigenvalue weighted by atomic mass is 35.5. The minimum atomic E-state index is -1.05. The van der Waals surface area contributed by atoms with Gasteiger partial charge in [0.15, 0.2) is 4.84 Å². The normalized spacial score (nSPS) is 15.8. The molecule has 0 radical (unpaired) electrons. The smallest absolute Gasteiger partial charge is 0.260 e. The Labute approximate surface area is 214 Å². The molecular weight excluding hydrogens is 507 g/mol. The number of methoxy groups -OCH3 is 1. The number of para-hydroxylation sites is 2. The summed E-state index contributed by atoms with van der Waals surface area (Å²) in [6.45, 7) is 8.82. The van der Waals surface area contributed by atoms with Gasteiger partial charge in [-0.05, 0) is 50.8 Å². The van der Waals surface area contributed by atoms with Gasteiger partial charge in [0.1, 0.15) is 18.2 Å². The number of hydrogen-bond donors (Lipinski definition) is 0. The molecule has 6 nitrogen and oxygen atoms in total. The SMILES string of the molecule is CC1COc2ccccc2N1C(=O)C(Cl)Cl.COC[C@H](C)N(C(=O)CCl)c1c(C)csc1C. The molecule has 2 amide bonds. The molecule has 0 N–H and O–H groups in total. The molecule has 0 saturated carbocycles. The van der Waals surface area contributed by atoms with Crippen LogP contribution < -0.4 is 14.5 Å². The van der Waals surface area contributed by atoms with E-state index in [0.29, 0.717) is 19.0 Å². The van der Waals surface area contributed by atoms with Crippen LogP contribution in [0.4, 0.5) is 11.4 Å². The number of benzene rings is 1. The number of hydrogen-bond acceptors (Lipinski definition) is 5. The number of aryl methyl sites for hydroxylation is 2. The van der Waals surface area contributed by atoms with E-state index in [0.717, 1.165) is 21.8 Å². The van der Waals surface area contributed by atoms with Crippen molar-refractivity contribution in [3.05, 3.63) is 40.1 Å². The van der Waals surface area contributed by atoms with Crippen molar-refractivity contribution in [1.29, 1.82) is 0 Å². The lowest BCUT2D eigenvalue weighted by Gasteiger charge is -2.35. The summed E-state index contributed by atoms with van der Waals surface area (Å²) >= 11 is 18.6. The van der Waals surface area contributed by atoms with Crippen molar-refractivity contribution in [1.82, 2.24) is 0 Å². The van der Waals surface area contributed by atoms with Crippen molar-refractivity contribution in [2.45, 2.75) is 44.6 Å². The van der Waals surface area contributed by atoms with Gasteiger partial charge in [0.25, 0.3) is 5.91 Å². The highest BCUT2D eigenvalue weighted by molar-refractivity contribution is 7.10. The maximum Gasteiger partial charge on any atom is 0.260 e. The van der Waals surface area contributed by atoms with Crippen LogP contribution in [0.2, 0.25) is 0 Å². The standard InChI is InChI=1S/C12H18ClNO2S.C11H11Cl2NO2/c1-8-7-17-10(3)12(8)14(11(15)5-13)9(2)6-16-4;1-7-6-16-9-5-3-2-4-8(9)14(7)11(15)10(12)13/h7,9H,5-6H2,1-4H3;2-5,7,10H,6H2,1H3/t9-;/m0./s1. The summed E-state index contributed by atoms with van der Waals surface area (Å²) in [5, 5.41) is 2.05. The predicted molar refractivity (Wildman–Crippen MR) is 138 cm³/mol. The number of amides is 2. The molecule has 1 aromatic carbocycles. The first kappa shape index (κ1) is 27.7. The summed E-state index contributed by atoms with van der Waals surface area (Å²) in [6.07, 6.45) is 0. The van der Waals surface area contributed by atoms with Gasteiger partial charge in [0.2, 0.25) is 5.91 Å². The fourth-order valence-electron chi connectivity index (χ4n) is 3.64. The van der Waals surface area contributed by atoms with Crippen LogP contribution in [-0.4, -0.2) is 54.9 Å². The van der Waals surface area contributed by atoms with Crippen molar-refractivity contribution in [2.75, 3.05) is 36.0 Å². The van der Waals surface area contributed by atoms with Crippen LogP contribution in [0.25, 0.3) is 0 Å². The van der Waals surface area contributed by atoms with Crippen LogP contribution in [-0.2, 0) is 14.3 Å². The molecule has 1 aliphatic rings. The molecule has 0 bridgehead atoms. The van der Waals surface area contributed by atoms with E-state index in [9.17, 15) is 9.59 Å². The Hall–Kier alpha value is -1.51. The van der Waals surface area contributed by atoms with Gasteiger partial charge in [0, 0.05) is 12.0 Å². The maximum absolute atomic E-state index is 12.0. The van der Waals surface area contributed by atoms with E-state index < -0.39 is 4.84 Å². The number of thiophene rings is 1. The van der Waals surface area contributed by atoms with E-state index >= 15 is 0 Å². The van der Waals surface area contributed by atoms with E-state index in [2.05, 4.69) is 5.38 Å². The summed E-state index contributed by atoms with van der Waals surface area (Å²) in [5.41, 5.74) is 2.80. The monoisotopic (exact) mass is 534 g/mol. The van der Waals surface area contributed by atoms with E-state index in [1.807, 2.05) is 52.0 Å². The van der Waals surface area contributed by atoms with Crippen molar-refractivity contribution >= 4 is 69.3 Å². The number of fused-ring (bicyclic) bond motifs is 1. The first-order chi connectivity index (χ1) is 15.6. The van der Waals surface area contributed by atoms with Crippen LogP contribution in [0.3, 0.4) is 0 Å². The summed E-state index contributed by atoms with van der Waals surface area (Å²) in [6, 6.07) is 7.26. The third kappa shape index (κ3) is 6.76. The van der Waals surface area contributed by atoms with Gasteiger partial charge in [-0.25, -0.2) is 0 Å². The first-order valence-electron chi connectivity index (χ1n) is 10.4. The van der Waals surface area contributed by atoms with Crippen molar-refractivity contribution in [3.8, 4) is 5.75 Å². The van der Waals surface area contributed by atoms with E-state index in [1.165, 1.54) is 0 Å². The quantitative estimate of drug-likeness (QED) is 0.453. The van der Waals surface area contributed by atoms with Gasteiger partial charge in [-0.3, -0.25) is 9.59 Å². The van der Waals surface area contributed by atoms with Crippen molar-refractivity contribution in [2.24, 2.45) is 0 Å². The van der Waals surface area contributed by atoms with Crippen molar-refractivity contribution < 1.29 is 19.1 Å². The fraction of sp³-hybridized carbons (Fsp3) is 0.478. The van der Waals surface area contributed by atoms with Gasteiger partial charge in [0.05, 0.1) is 30.1 Å². The molecule has 0 aliphatic carbocycles. The molecule has 3 rings (SSSR count). The highest BCUT2D eigenvalue weighted by Gasteiger charge is 2.32. The van der Waals surface area contributed by atoms with Gasteiger partial charge < -0.3 is 19.3 Å². The second-order valence-electron chi connectivity index (χ2n) is 7.66. The maximum atomic E-state index is 12.0. The Balaban J connectivity index is 0.000000234. The van der Waals surface area contributed by atoms with Gasteiger partial charge in [-0.2, -0.15) is 0 Å².